The first-order valence-corrected chi connectivity index (χ1v) is 10.3. The van der Waals surface area contributed by atoms with Crippen molar-refractivity contribution in [2.24, 2.45) is 4.99 Å². The number of amidine groups is 1. The summed E-state index contributed by atoms with van der Waals surface area (Å²) in [6.07, 6.45) is 1.65. The maximum atomic E-state index is 12.4. The number of carbonyl (C=O) groups is 1. The number of aryl methyl sites for hydroxylation is 1. The van der Waals surface area contributed by atoms with Gasteiger partial charge in [-0.2, -0.15) is 5.26 Å². The molecule has 1 heterocycles. The molecule has 0 saturated carbocycles. The standard InChI is InChI=1S/C20H15BrN4O5S/c1-11-3-4-13(10-15(11)25(27)28)23-20-24-19(26)17(31-20)9-12-7-14(21)18(30-6-5-22)16(8-12)29-2/h3-4,7-10H,6H2,1-2H3,(H,23,24,26)/b17-9-. The van der Waals surface area contributed by atoms with Crippen molar-refractivity contribution in [2.45, 2.75) is 6.92 Å². The number of hydrogen-bond donors (Lipinski definition) is 1. The topological polar surface area (TPSA) is 127 Å². The van der Waals surface area contributed by atoms with E-state index in [9.17, 15) is 14.9 Å². The lowest BCUT2D eigenvalue weighted by atomic mass is 10.2. The molecule has 1 aliphatic heterocycles. The lowest BCUT2D eigenvalue weighted by Gasteiger charge is -2.11. The van der Waals surface area contributed by atoms with Crippen LogP contribution in [0.2, 0.25) is 0 Å². The van der Waals surface area contributed by atoms with Crippen LogP contribution in [0, 0.1) is 28.4 Å². The minimum Gasteiger partial charge on any atom is -0.493 e. The van der Waals surface area contributed by atoms with E-state index in [2.05, 4.69) is 26.2 Å². The predicted molar refractivity (Wildman–Crippen MR) is 120 cm³/mol. The number of nitrogens with one attached hydrogen (secondary N) is 1. The minimum absolute atomic E-state index is 0.0393. The number of thioether (sulfide) groups is 1. The zero-order chi connectivity index (χ0) is 22.5. The van der Waals surface area contributed by atoms with Crippen LogP contribution in [-0.2, 0) is 4.79 Å². The summed E-state index contributed by atoms with van der Waals surface area (Å²) in [6, 6.07) is 9.91. The predicted octanol–water partition coefficient (Wildman–Crippen LogP) is 4.47. The Morgan fingerprint density at radius 2 is 2.16 bits per heavy atom. The third-order valence-corrected chi connectivity index (χ3v) is 5.60. The fourth-order valence-corrected chi connectivity index (χ4v) is 4.10. The highest BCUT2D eigenvalue weighted by Gasteiger charge is 2.24. The molecular weight excluding hydrogens is 488 g/mol. The van der Waals surface area contributed by atoms with Gasteiger partial charge in [0.15, 0.2) is 23.3 Å². The van der Waals surface area contributed by atoms with Gasteiger partial charge in [0.1, 0.15) is 6.07 Å². The third kappa shape index (κ3) is 5.22. The van der Waals surface area contributed by atoms with Gasteiger partial charge < -0.3 is 14.8 Å². The quantitative estimate of drug-likeness (QED) is 0.350. The first-order chi connectivity index (χ1) is 14.8. The number of carbonyl (C=O) groups excluding carboxylic acids is 1. The zero-order valence-corrected chi connectivity index (χ0v) is 18.7. The van der Waals surface area contributed by atoms with Crippen LogP contribution >= 0.6 is 27.7 Å². The van der Waals surface area contributed by atoms with Crippen LogP contribution in [0.15, 0.2) is 44.7 Å². The molecule has 0 atom stereocenters. The Kier molecular flexibility index (Phi) is 6.94. The number of nitrogens with zero attached hydrogens (tertiary/aromatic N) is 3. The zero-order valence-electron chi connectivity index (χ0n) is 16.3. The molecule has 2 aromatic carbocycles. The molecule has 1 saturated heterocycles. The number of nitriles is 1. The molecule has 1 amide bonds. The minimum atomic E-state index is -0.472. The van der Waals surface area contributed by atoms with E-state index < -0.39 is 4.92 Å². The molecule has 0 aliphatic carbocycles. The number of nitro groups is 1. The summed E-state index contributed by atoms with van der Waals surface area (Å²) < 4.78 is 11.3. The van der Waals surface area contributed by atoms with Crippen LogP contribution in [0.1, 0.15) is 11.1 Å². The van der Waals surface area contributed by atoms with Crippen LogP contribution in [-0.4, -0.2) is 29.7 Å². The number of methoxy groups -OCH3 is 1. The molecule has 9 nitrogen and oxygen atoms in total. The van der Waals surface area contributed by atoms with Gasteiger partial charge in [0.25, 0.3) is 11.6 Å². The maximum Gasteiger partial charge on any atom is 0.274 e. The third-order valence-electron chi connectivity index (χ3n) is 4.10. The molecular formula is C20H15BrN4O5S. The van der Waals surface area contributed by atoms with Gasteiger partial charge in [-0.05, 0) is 64.5 Å². The summed E-state index contributed by atoms with van der Waals surface area (Å²) in [5.41, 5.74) is 1.52. The largest absolute Gasteiger partial charge is 0.493 e. The number of nitro benzene ring substituents is 1. The molecule has 3 rings (SSSR count). The lowest BCUT2D eigenvalue weighted by Crippen LogP contribution is -2.19. The second-order valence-electron chi connectivity index (χ2n) is 6.19. The summed E-state index contributed by atoms with van der Waals surface area (Å²) in [6.45, 7) is 1.51. The maximum absolute atomic E-state index is 12.4. The highest BCUT2D eigenvalue weighted by atomic mass is 79.9. The highest BCUT2D eigenvalue weighted by molar-refractivity contribution is 9.10. The molecule has 0 radical (unpaired) electrons. The van der Waals surface area contributed by atoms with Crippen molar-refractivity contribution in [1.82, 2.24) is 5.32 Å². The molecule has 158 valence electrons. The summed E-state index contributed by atoms with van der Waals surface area (Å²) in [5, 5.41) is 22.8. The number of benzene rings is 2. The van der Waals surface area contributed by atoms with Crippen LogP contribution in [0.3, 0.4) is 0 Å². The lowest BCUT2D eigenvalue weighted by molar-refractivity contribution is -0.385. The van der Waals surface area contributed by atoms with E-state index >= 15 is 0 Å². The molecule has 0 unspecified atom stereocenters. The molecule has 2 aromatic rings. The van der Waals surface area contributed by atoms with E-state index in [0.29, 0.717) is 42.9 Å². The van der Waals surface area contributed by atoms with Gasteiger partial charge in [-0.25, -0.2) is 4.99 Å². The summed E-state index contributed by atoms with van der Waals surface area (Å²) in [4.78, 5) is 27.7. The van der Waals surface area contributed by atoms with Crippen LogP contribution in [0.25, 0.3) is 6.08 Å². The second kappa shape index (κ2) is 9.63. The summed E-state index contributed by atoms with van der Waals surface area (Å²) >= 11 is 4.50. The Labute approximate surface area is 190 Å². The van der Waals surface area contributed by atoms with Gasteiger partial charge in [0.2, 0.25) is 0 Å². The highest BCUT2D eigenvalue weighted by Crippen LogP contribution is 2.38. The molecule has 0 bridgehead atoms. The molecule has 0 spiro atoms. The van der Waals surface area contributed by atoms with Crippen LogP contribution < -0.4 is 14.8 Å². The van der Waals surface area contributed by atoms with Gasteiger partial charge in [-0.1, -0.05) is 6.07 Å². The number of hydrogen-bond acceptors (Lipinski definition) is 8. The molecule has 0 aromatic heterocycles. The average Bonchev–Trinajstić information content (AvgIpc) is 3.06. The van der Waals surface area contributed by atoms with Crippen molar-refractivity contribution < 1.29 is 19.2 Å². The molecule has 1 N–H and O–H groups in total. The van der Waals surface area contributed by atoms with Gasteiger partial charge >= 0.3 is 0 Å². The first kappa shape index (κ1) is 22.3. The number of amides is 1. The van der Waals surface area contributed by atoms with Crippen molar-refractivity contribution in [3.05, 3.63) is 61.0 Å². The number of halogens is 1. The van der Waals surface area contributed by atoms with Crippen molar-refractivity contribution in [1.29, 1.82) is 5.26 Å². The van der Waals surface area contributed by atoms with Crippen molar-refractivity contribution in [3.8, 4) is 17.6 Å². The Morgan fingerprint density at radius 3 is 2.84 bits per heavy atom. The van der Waals surface area contributed by atoms with Crippen molar-refractivity contribution in [2.75, 3.05) is 13.7 Å². The van der Waals surface area contributed by atoms with Crippen molar-refractivity contribution in [3.63, 3.8) is 0 Å². The van der Waals surface area contributed by atoms with E-state index in [4.69, 9.17) is 14.7 Å². The molecule has 1 fully saturated rings. The van der Waals surface area contributed by atoms with E-state index in [1.54, 1.807) is 37.3 Å². The summed E-state index contributed by atoms with van der Waals surface area (Å²) in [7, 11) is 1.47. The van der Waals surface area contributed by atoms with Gasteiger partial charge in [0.05, 0.1) is 27.1 Å². The van der Waals surface area contributed by atoms with E-state index in [1.165, 1.54) is 13.2 Å². The fraction of sp³-hybridized carbons (Fsp3) is 0.150. The number of rotatable bonds is 6. The fourth-order valence-electron chi connectivity index (χ4n) is 2.68. The van der Waals surface area contributed by atoms with Gasteiger partial charge in [-0.3, -0.25) is 14.9 Å². The van der Waals surface area contributed by atoms with E-state index in [-0.39, 0.29) is 18.2 Å². The van der Waals surface area contributed by atoms with Crippen LogP contribution in [0.5, 0.6) is 11.5 Å². The monoisotopic (exact) mass is 502 g/mol. The Morgan fingerprint density at radius 1 is 1.39 bits per heavy atom. The van der Waals surface area contributed by atoms with Gasteiger partial charge in [-0.15, -0.1) is 0 Å². The normalized spacial score (nSPS) is 15.6. The molecule has 31 heavy (non-hydrogen) atoms. The number of aliphatic imine (C=N–C) groups is 1. The smallest absolute Gasteiger partial charge is 0.274 e. The van der Waals surface area contributed by atoms with Crippen molar-refractivity contribution >= 4 is 56.2 Å². The Hall–Kier alpha value is -3.36. The second-order valence-corrected chi connectivity index (χ2v) is 8.08. The average molecular weight is 503 g/mol. The van der Waals surface area contributed by atoms with E-state index in [0.717, 1.165) is 11.8 Å². The molecule has 11 heteroatoms. The number of ether oxygens (including phenoxy) is 2. The SMILES string of the molecule is COc1cc(/C=C2\SC(=Nc3ccc(C)c([N+](=O)[O-])c3)NC2=O)cc(Br)c1OCC#N. The Bertz CT molecular complexity index is 1170. The molecule has 1 aliphatic rings. The summed E-state index contributed by atoms with van der Waals surface area (Å²) in [5.74, 6) is 0.448. The first-order valence-electron chi connectivity index (χ1n) is 8.74. The van der Waals surface area contributed by atoms with E-state index in [1.807, 2.05) is 6.07 Å². The van der Waals surface area contributed by atoms with Crippen LogP contribution in [0.4, 0.5) is 11.4 Å². The Balaban J connectivity index is 1.87. The van der Waals surface area contributed by atoms with Gasteiger partial charge in [0, 0.05) is 11.6 Å².